The lowest BCUT2D eigenvalue weighted by Gasteiger charge is -2.12. The molecule has 3 aromatic carbocycles. The van der Waals surface area contributed by atoms with Crippen LogP contribution in [0.25, 0.3) is 11.1 Å². The molecule has 33 heavy (non-hydrogen) atoms. The van der Waals surface area contributed by atoms with E-state index in [0.29, 0.717) is 35.8 Å². The van der Waals surface area contributed by atoms with Gasteiger partial charge in [-0.25, -0.2) is 4.79 Å². The minimum absolute atomic E-state index is 0.293. The van der Waals surface area contributed by atoms with Gasteiger partial charge < -0.3 is 20.7 Å². The zero-order chi connectivity index (χ0) is 23.8. The van der Waals surface area contributed by atoms with Crippen molar-refractivity contribution in [3.05, 3.63) is 72.3 Å². The van der Waals surface area contributed by atoms with Crippen molar-refractivity contribution in [3.63, 3.8) is 0 Å². The van der Waals surface area contributed by atoms with Gasteiger partial charge in [-0.05, 0) is 80.0 Å². The van der Waals surface area contributed by atoms with E-state index in [1.54, 1.807) is 42.1 Å². The van der Waals surface area contributed by atoms with Crippen molar-refractivity contribution in [3.8, 4) is 11.1 Å². The van der Waals surface area contributed by atoms with Crippen LogP contribution in [0.3, 0.4) is 0 Å². The summed E-state index contributed by atoms with van der Waals surface area (Å²) in [6, 6.07) is 20.3. The number of benzene rings is 3. The minimum Gasteiger partial charge on any atom is -0.448 e. The molecule has 0 spiro atoms. The highest BCUT2D eigenvalue weighted by atomic mass is 32.2. The molecule has 0 fully saturated rings. The topological polar surface area (TPSA) is 96.7 Å². The molecule has 0 saturated carbocycles. The second kappa shape index (κ2) is 11.4. The van der Waals surface area contributed by atoms with Gasteiger partial charge in [0.2, 0.25) is 0 Å². The minimum atomic E-state index is -0.538. The lowest BCUT2D eigenvalue weighted by molar-refractivity contribution is 0.102. The Labute approximate surface area is 198 Å². The number of nitrogens with one attached hydrogen (secondary N) is 2. The highest BCUT2D eigenvalue weighted by Crippen LogP contribution is 2.29. The number of nitrogen functional groups attached to an aromatic ring is 1. The van der Waals surface area contributed by atoms with Crippen LogP contribution >= 0.6 is 11.8 Å². The Hall–Kier alpha value is -3.49. The predicted molar refractivity (Wildman–Crippen MR) is 136 cm³/mol. The summed E-state index contributed by atoms with van der Waals surface area (Å²) in [6.45, 7) is 0.932. The number of amides is 2. The molecule has 0 aliphatic heterocycles. The van der Waals surface area contributed by atoms with E-state index in [0.717, 1.165) is 11.1 Å². The van der Waals surface area contributed by atoms with Crippen molar-refractivity contribution in [2.24, 2.45) is 0 Å². The van der Waals surface area contributed by atoms with Gasteiger partial charge in [0.1, 0.15) is 6.61 Å². The number of carbonyl (C=O) groups excluding carboxylic acids is 2. The van der Waals surface area contributed by atoms with Gasteiger partial charge >= 0.3 is 6.09 Å². The summed E-state index contributed by atoms with van der Waals surface area (Å²) >= 11 is 1.68. The van der Waals surface area contributed by atoms with E-state index in [2.05, 4.69) is 22.8 Å². The first-order valence-corrected chi connectivity index (χ1v) is 11.6. The Morgan fingerprint density at radius 1 is 0.939 bits per heavy atom. The molecule has 0 aromatic heterocycles. The number of likely N-dealkylation sites (N-methyl/N-ethyl adjacent to an activating group) is 1. The predicted octanol–water partition coefficient (Wildman–Crippen LogP) is 5.02. The average molecular weight is 465 g/mol. The molecule has 2 amide bonds. The second-order valence-electron chi connectivity index (χ2n) is 7.63. The lowest BCUT2D eigenvalue weighted by Crippen LogP contribution is -2.22. The summed E-state index contributed by atoms with van der Waals surface area (Å²) in [7, 11) is 3.80. The molecule has 4 N–H and O–H groups in total. The van der Waals surface area contributed by atoms with E-state index in [1.165, 1.54) is 4.90 Å². The number of ether oxygens (including phenoxy) is 1. The van der Waals surface area contributed by atoms with E-state index in [9.17, 15) is 9.59 Å². The molecule has 0 unspecified atom stereocenters. The van der Waals surface area contributed by atoms with Crippen LogP contribution in [0.5, 0.6) is 0 Å². The Morgan fingerprint density at radius 3 is 2.24 bits per heavy atom. The molecule has 3 aromatic rings. The van der Waals surface area contributed by atoms with Gasteiger partial charge in [-0.2, -0.15) is 0 Å². The van der Waals surface area contributed by atoms with Gasteiger partial charge in [-0.1, -0.05) is 18.2 Å². The van der Waals surface area contributed by atoms with Crippen molar-refractivity contribution in [2.75, 3.05) is 49.9 Å². The second-order valence-corrected chi connectivity index (χ2v) is 8.51. The molecule has 7 nitrogen and oxygen atoms in total. The van der Waals surface area contributed by atoms with Crippen LogP contribution in [-0.2, 0) is 4.74 Å². The molecule has 0 aliphatic rings. The number of thioether (sulfide) groups is 1. The van der Waals surface area contributed by atoms with Gasteiger partial charge in [0, 0.05) is 22.7 Å². The van der Waals surface area contributed by atoms with Crippen molar-refractivity contribution >= 4 is 40.8 Å². The highest BCUT2D eigenvalue weighted by molar-refractivity contribution is 7.98. The van der Waals surface area contributed by atoms with E-state index < -0.39 is 6.09 Å². The molecule has 0 atom stereocenters. The molecule has 3 rings (SSSR count). The highest BCUT2D eigenvalue weighted by Gasteiger charge is 2.11. The zero-order valence-corrected chi connectivity index (χ0v) is 19.7. The number of carbonyl (C=O) groups is 2. The van der Waals surface area contributed by atoms with Gasteiger partial charge in [-0.3, -0.25) is 10.1 Å². The van der Waals surface area contributed by atoms with Crippen LogP contribution in [0.4, 0.5) is 21.9 Å². The van der Waals surface area contributed by atoms with E-state index in [1.807, 2.05) is 49.5 Å². The van der Waals surface area contributed by atoms with Crippen molar-refractivity contribution in [2.45, 2.75) is 4.90 Å². The summed E-state index contributed by atoms with van der Waals surface area (Å²) in [5.41, 5.74) is 10.1. The number of hydrogen-bond acceptors (Lipinski definition) is 6. The van der Waals surface area contributed by atoms with E-state index in [4.69, 9.17) is 10.5 Å². The molecule has 0 saturated heterocycles. The van der Waals surface area contributed by atoms with Gasteiger partial charge in [0.25, 0.3) is 5.91 Å². The van der Waals surface area contributed by atoms with Crippen molar-refractivity contribution in [1.29, 1.82) is 0 Å². The van der Waals surface area contributed by atoms with Crippen LogP contribution in [-0.4, -0.2) is 50.4 Å². The Bertz CT molecular complexity index is 1100. The first kappa shape index (κ1) is 24.2. The third kappa shape index (κ3) is 7.00. The monoisotopic (exact) mass is 464 g/mol. The standard InChI is InChI=1S/C25H28N4O3S/c1-29(2)14-15-32-25(31)27-20-9-4-18(5-10-20)24(30)28-23-16-19(8-13-22(23)26)17-6-11-21(33-3)12-7-17/h4-13,16H,14-15,26H2,1-3H3,(H,27,31)(H,28,30). The Kier molecular flexibility index (Phi) is 8.34. The van der Waals surface area contributed by atoms with E-state index in [-0.39, 0.29) is 5.91 Å². The normalized spacial score (nSPS) is 10.7. The Balaban J connectivity index is 1.64. The maximum absolute atomic E-state index is 12.8. The first-order valence-electron chi connectivity index (χ1n) is 10.4. The van der Waals surface area contributed by atoms with Crippen LogP contribution in [0.15, 0.2) is 71.6 Å². The van der Waals surface area contributed by atoms with Crippen molar-refractivity contribution in [1.82, 2.24) is 4.90 Å². The molecule has 0 heterocycles. The van der Waals surface area contributed by atoms with Gasteiger partial charge in [-0.15, -0.1) is 11.8 Å². The average Bonchev–Trinajstić information content (AvgIpc) is 2.80. The molecule has 0 bridgehead atoms. The fourth-order valence-electron chi connectivity index (χ4n) is 3.00. The molecule has 172 valence electrons. The summed E-state index contributed by atoms with van der Waals surface area (Å²) in [5, 5.41) is 5.51. The number of anilines is 3. The van der Waals surface area contributed by atoms with Crippen LogP contribution < -0.4 is 16.4 Å². The molecule has 8 heteroatoms. The SMILES string of the molecule is CSc1ccc(-c2ccc(N)c(NC(=O)c3ccc(NC(=O)OCCN(C)C)cc3)c2)cc1. The first-order chi connectivity index (χ1) is 15.9. The molecular formula is C25H28N4O3S. The van der Waals surface area contributed by atoms with Crippen molar-refractivity contribution < 1.29 is 14.3 Å². The van der Waals surface area contributed by atoms with Crippen LogP contribution in [0, 0.1) is 0 Å². The zero-order valence-electron chi connectivity index (χ0n) is 18.9. The van der Waals surface area contributed by atoms with Crippen LogP contribution in [0.2, 0.25) is 0 Å². The summed E-state index contributed by atoms with van der Waals surface area (Å²) < 4.78 is 5.10. The summed E-state index contributed by atoms with van der Waals surface area (Å²) in [4.78, 5) is 27.7. The largest absolute Gasteiger partial charge is 0.448 e. The van der Waals surface area contributed by atoms with Gasteiger partial charge in [0.15, 0.2) is 0 Å². The number of rotatable bonds is 8. The lowest BCUT2D eigenvalue weighted by atomic mass is 10.0. The maximum Gasteiger partial charge on any atom is 0.411 e. The van der Waals surface area contributed by atoms with Crippen LogP contribution in [0.1, 0.15) is 10.4 Å². The summed E-state index contributed by atoms with van der Waals surface area (Å²) in [5.74, 6) is -0.295. The fourth-order valence-corrected chi connectivity index (χ4v) is 3.41. The smallest absolute Gasteiger partial charge is 0.411 e. The maximum atomic E-state index is 12.8. The third-order valence-corrected chi connectivity index (χ3v) is 5.63. The third-order valence-electron chi connectivity index (χ3n) is 4.89. The molecule has 0 radical (unpaired) electrons. The molecule has 0 aliphatic carbocycles. The van der Waals surface area contributed by atoms with Gasteiger partial charge in [0.05, 0.1) is 11.4 Å². The number of nitrogens with two attached hydrogens (primary N) is 1. The quantitative estimate of drug-likeness (QED) is 0.320. The number of nitrogens with zero attached hydrogens (tertiary/aromatic N) is 1. The fraction of sp³-hybridized carbons (Fsp3) is 0.200. The van der Waals surface area contributed by atoms with E-state index >= 15 is 0 Å². The molecular weight excluding hydrogens is 436 g/mol. The number of hydrogen-bond donors (Lipinski definition) is 3. The summed E-state index contributed by atoms with van der Waals surface area (Å²) in [6.07, 6.45) is 1.50. The Morgan fingerprint density at radius 2 is 1.61 bits per heavy atom.